The zero-order chi connectivity index (χ0) is 12.7. The van der Waals surface area contributed by atoms with Gasteiger partial charge in [-0.3, -0.25) is 9.71 Å². The van der Waals surface area contributed by atoms with E-state index in [0.29, 0.717) is 18.7 Å². The fourth-order valence-electron chi connectivity index (χ4n) is 1.35. The first-order valence-corrected chi connectivity index (χ1v) is 7.32. The van der Waals surface area contributed by atoms with Gasteiger partial charge in [0.05, 0.1) is 17.6 Å². The Labute approximate surface area is 103 Å². The fourth-order valence-corrected chi connectivity index (χ4v) is 2.53. The Balaban J connectivity index is 2.52. The second-order valence-electron chi connectivity index (χ2n) is 3.82. The molecule has 1 heterocycles. The number of anilines is 1. The molecule has 0 saturated heterocycles. The van der Waals surface area contributed by atoms with E-state index < -0.39 is 10.0 Å². The van der Waals surface area contributed by atoms with Crippen molar-refractivity contribution in [2.24, 2.45) is 0 Å². The van der Waals surface area contributed by atoms with E-state index >= 15 is 0 Å². The maximum absolute atomic E-state index is 11.7. The maximum atomic E-state index is 11.7. The summed E-state index contributed by atoms with van der Waals surface area (Å²) in [5, 5.41) is 3.09. The van der Waals surface area contributed by atoms with Crippen LogP contribution in [0.25, 0.3) is 0 Å². The minimum Gasteiger partial charge on any atom is -0.317 e. The van der Waals surface area contributed by atoms with Crippen molar-refractivity contribution < 1.29 is 8.42 Å². The molecule has 1 aromatic heterocycles. The van der Waals surface area contributed by atoms with Crippen molar-refractivity contribution in [3.8, 4) is 0 Å². The van der Waals surface area contributed by atoms with Crippen molar-refractivity contribution in [3.05, 3.63) is 24.0 Å². The number of aromatic nitrogens is 1. The molecule has 2 N–H and O–H groups in total. The molecule has 0 spiro atoms. The Bertz CT molecular complexity index is 446. The summed E-state index contributed by atoms with van der Waals surface area (Å²) in [6.45, 7) is 5.41. The molecule has 17 heavy (non-hydrogen) atoms. The van der Waals surface area contributed by atoms with Gasteiger partial charge in [-0.2, -0.15) is 0 Å². The minimum atomic E-state index is -3.27. The number of nitrogens with one attached hydrogen (secondary N) is 2. The molecule has 96 valence electrons. The molecule has 1 aromatic rings. The summed E-state index contributed by atoms with van der Waals surface area (Å²) in [7, 11) is -3.27. The van der Waals surface area contributed by atoms with Gasteiger partial charge in [-0.25, -0.2) is 8.42 Å². The quantitative estimate of drug-likeness (QED) is 0.718. The molecule has 0 aliphatic heterocycles. The Hall–Kier alpha value is -1.14. The predicted molar refractivity (Wildman–Crippen MR) is 69.5 cm³/mol. The Morgan fingerprint density at radius 2 is 2.18 bits per heavy atom. The first-order valence-electron chi connectivity index (χ1n) is 5.67. The number of hydrogen-bond donors (Lipinski definition) is 2. The van der Waals surface area contributed by atoms with Crippen LogP contribution in [0.4, 0.5) is 5.69 Å². The first kappa shape index (κ1) is 13.9. The number of pyridine rings is 1. The molecule has 0 fully saturated rings. The average molecular weight is 257 g/mol. The van der Waals surface area contributed by atoms with E-state index in [1.807, 2.05) is 13.8 Å². The molecule has 0 saturated carbocycles. The van der Waals surface area contributed by atoms with Crippen LogP contribution in [-0.4, -0.2) is 32.2 Å². The summed E-state index contributed by atoms with van der Waals surface area (Å²) < 4.78 is 26.0. The van der Waals surface area contributed by atoms with Gasteiger partial charge in [-0.15, -0.1) is 0 Å². The molecule has 1 rings (SSSR count). The van der Waals surface area contributed by atoms with E-state index in [1.54, 1.807) is 12.3 Å². The van der Waals surface area contributed by atoms with Crippen molar-refractivity contribution in [1.82, 2.24) is 10.3 Å². The highest BCUT2D eigenvalue weighted by atomic mass is 32.2. The third-order valence-electron chi connectivity index (χ3n) is 2.32. The molecule has 0 aliphatic carbocycles. The van der Waals surface area contributed by atoms with Crippen LogP contribution in [0.2, 0.25) is 0 Å². The molecule has 0 amide bonds. The summed E-state index contributed by atoms with van der Waals surface area (Å²) in [5.74, 6) is 0.119. The van der Waals surface area contributed by atoms with Crippen LogP contribution in [0.5, 0.6) is 0 Å². The molecule has 0 bridgehead atoms. The zero-order valence-electron chi connectivity index (χ0n) is 10.2. The molecular formula is C11H19N3O2S. The van der Waals surface area contributed by atoms with Gasteiger partial charge in [-0.1, -0.05) is 6.92 Å². The maximum Gasteiger partial charge on any atom is 0.232 e. The van der Waals surface area contributed by atoms with E-state index in [9.17, 15) is 8.42 Å². The van der Waals surface area contributed by atoms with Gasteiger partial charge < -0.3 is 5.32 Å². The number of sulfonamides is 1. The third kappa shape index (κ3) is 5.14. The van der Waals surface area contributed by atoms with E-state index in [4.69, 9.17) is 0 Å². The standard InChI is InChI=1S/C11H19N3O2S/c1-3-12-6-4-8-17(15,16)14-11-9-13-7-5-10(11)2/h5,7,9,12,14H,3-4,6,8H2,1-2H3. The third-order valence-corrected chi connectivity index (χ3v) is 3.68. The lowest BCUT2D eigenvalue weighted by Crippen LogP contribution is -2.22. The Morgan fingerprint density at radius 1 is 1.41 bits per heavy atom. The highest BCUT2D eigenvalue weighted by Crippen LogP contribution is 2.13. The Morgan fingerprint density at radius 3 is 2.82 bits per heavy atom. The van der Waals surface area contributed by atoms with Crippen molar-refractivity contribution in [1.29, 1.82) is 0 Å². The van der Waals surface area contributed by atoms with Crippen LogP contribution < -0.4 is 10.0 Å². The number of rotatable bonds is 7. The summed E-state index contributed by atoms with van der Waals surface area (Å²) in [6.07, 6.45) is 3.76. The topological polar surface area (TPSA) is 71.1 Å². The lowest BCUT2D eigenvalue weighted by atomic mass is 10.3. The second-order valence-corrected chi connectivity index (χ2v) is 5.66. The smallest absolute Gasteiger partial charge is 0.232 e. The molecule has 0 unspecified atom stereocenters. The van der Waals surface area contributed by atoms with Gasteiger partial charge in [0.15, 0.2) is 0 Å². The predicted octanol–water partition coefficient (Wildman–Crippen LogP) is 1.13. The molecule has 6 heteroatoms. The van der Waals surface area contributed by atoms with Gasteiger partial charge >= 0.3 is 0 Å². The van der Waals surface area contributed by atoms with Crippen molar-refractivity contribution in [3.63, 3.8) is 0 Å². The summed E-state index contributed by atoms with van der Waals surface area (Å²) in [6, 6.07) is 1.77. The van der Waals surface area contributed by atoms with Crippen molar-refractivity contribution >= 4 is 15.7 Å². The summed E-state index contributed by atoms with van der Waals surface area (Å²) in [4.78, 5) is 3.90. The van der Waals surface area contributed by atoms with E-state index in [2.05, 4.69) is 15.0 Å². The lowest BCUT2D eigenvalue weighted by molar-refractivity contribution is 0.595. The van der Waals surface area contributed by atoms with Gasteiger partial charge in [0.1, 0.15) is 0 Å². The summed E-state index contributed by atoms with van der Waals surface area (Å²) in [5.41, 5.74) is 1.42. The SMILES string of the molecule is CCNCCCS(=O)(=O)Nc1cnccc1C. The number of hydrogen-bond acceptors (Lipinski definition) is 4. The second kappa shape index (κ2) is 6.56. The van der Waals surface area contributed by atoms with Crippen LogP contribution in [0, 0.1) is 6.92 Å². The van der Waals surface area contributed by atoms with Gasteiger partial charge in [0, 0.05) is 6.20 Å². The monoisotopic (exact) mass is 257 g/mol. The average Bonchev–Trinajstić information content (AvgIpc) is 2.28. The van der Waals surface area contributed by atoms with E-state index in [1.165, 1.54) is 6.20 Å². The van der Waals surface area contributed by atoms with Gasteiger partial charge in [0.2, 0.25) is 10.0 Å². The molecule has 0 aliphatic rings. The van der Waals surface area contributed by atoms with Crippen LogP contribution in [0.15, 0.2) is 18.5 Å². The van der Waals surface area contributed by atoms with Crippen LogP contribution in [0.3, 0.4) is 0 Å². The zero-order valence-corrected chi connectivity index (χ0v) is 11.0. The van der Waals surface area contributed by atoms with Crippen molar-refractivity contribution in [2.75, 3.05) is 23.6 Å². The van der Waals surface area contributed by atoms with E-state index in [0.717, 1.165) is 12.1 Å². The highest BCUT2D eigenvalue weighted by molar-refractivity contribution is 7.92. The number of nitrogens with zero attached hydrogens (tertiary/aromatic N) is 1. The normalized spacial score (nSPS) is 11.4. The molecule has 0 atom stereocenters. The lowest BCUT2D eigenvalue weighted by Gasteiger charge is -2.09. The minimum absolute atomic E-state index is 0.119. The molecule has 0 radical (unpaired) electrons. The van der Waals surface area contributed by atoms with Crippen LogP contribution in [-0.2, 0) is 10.0 Å². The molecular weight excluding hydrogens is 238 g/mol. The highest BCUT2D eigenvalue weighted by Gasteiger charge is 2.11. The number of aryl methyl sites for hydroxylation is 1. The fraction of sp³-hybridized carbons (Fsp3) is 0.545. The van der Waals surface area contributed by atoms with E-state index in [-0.39, 0.29) is 5.75 Å². The van der Waals surface area contributed by atoms with Gasteiger partial charge in [-0.05, 0) is 38.1 Å². The van der Waals surface area contributed by atoms with Crippen LogP contribution >= 0.6 is 0 Å². The summed E-state index contributed by atoms with van der Waals surface area (Å²) >= 11 is 0. The molecule has 0 aromatic carbocycles. The van der Waals surface area contributed by atoms with Crippen LogP contribution in [0.1, 0.15) is 18.9 Å². The largest absolute Gasteiger partial charge is 0.317 e. The van der Waals surface area contributed by atoms with Crippen molar-refractivity contribution in [2.45, 2.75) is 20.3 Å². The molecule has 5 nitrogen and oxygen atoms in total. The Kier molecular flexibility index (Phi) is 5.37. The first-order chi connectivity index (χ1) is 8.05. The van der Waals surface area contributed by atoms with Gasteiger partial charge in [0.25, 0.3) is 0 Å².